The molecule has 2 heterocycles. The van der Waals surface area contributed by atoms with E-state index in [4.69, 9.17) is 4.74 Å². The van der Waals surface area contributed by atoms with Crippen LogP contribution in [0.15, 0.2) is 12.1 Å². The molecule has 0 saturated carbocycles. The maximum atomic E-state index is 11.5. The maximum absolute atomic E-state index is 11.5. The van der Waals surface area contributed by atoms with Crippen molar-refractivity contribution in [1.29, 1.82) is 0 Å². The molecule has 1 aromatic rings. The molecule has 1 aliphatic rings. The summed E-state index contributed by atoms with van der Waals surface area (Å²) in [5.41, 5.74) is 2.42. The molecule has 1 aromatic heterocycles. The zero-order valence-corrected chi connectivity index (χ0v) is 8.57. The summed E-state index contributed by atoms with van der Waals surface area (Å²) in [7, 11) is 0. The van der Waals surface area contributed by atoms with Crippen LogP contribution in [0.1, 0.15) is 41.5 Å². The largest absolute Gasteiger partial charge is 0.458 e. The van der Waals surface area contributed by atoms with Crippen molar-refractivity contribution in [3.8, 4) is 0 Å². The maximum Gasteiger partial charge on any atom is 0.340 e. The van der Waals surface area contributed by atoms with Crippen LogP contribution in [0, 0.1) is 6.92 Å². The lowest BCUT2D eigenvalue weighted by molar-refractivity contribution is 0.0234. The molecule has 2 rings (SSSR count). The predicted molar refractivity (Wildman–Crippen MR) is 52.3 cm³/mol. The summed E-state index contributed by atoms with van der Waals surface area (Å²) in [6.45, 7) is 5.86. The van der Waals surface area contributed by atoms with E-state index in [-0.39, 0.29) is 18.0 Å². The summed E-state index contributed by atoms with van der Waals surface area (Å²) in [5.74, 6) is -0.0688. The molecule has 2 atom stereocenters. The number of rotatable bonds is 0. The highest BCUT2D eigenvalue weighted by atomic mass is 16.5. The number of nitrogens with zero attached hydrogens (tertiary/aromatic N) is 1. The van der Waals surface area contributed by atoms with Crippen molar-refractivity contribution < 1.29 is 9.53 Å². The Balaban J connectivity index is 2.56. The zero-order valence-electron chi connectivity index (χ0n) is 8.57. The molecule has 0 amide bonds. The van der Waals surface area contributed by atoms with Gasteiger partial charge in [-0.1, -0.05) is 6.92 Å². The monoisotopic (exact) mass is 191 g/mol. The minimum absolute atomic E-state index is 0.0794. The van der Waals surface area contributed by atoms with Gasteiger partial charge in [0.1, 0.15) is 6.10 Å². The molecule has 0 saturated heterocycles. The van der Waals surface area contributed by atoms with Crippen molar-refractivity contribution in [3.63, 3.8) is 0 Å². The van der Waals surface area contributed by atoms with E-state index in [0.29, 0.717) is 5.56 Å². The van der Waals surface area contributed by atoms with E-state index in [0.717, 1.165) is 11.4 Å². The average Bonchev–Trinajstić information content (AvgIpc) is 2.14. The number of cyclic esters (lactones) is 1. The fourth-order valence-electron chi connectivity index (χ4n) is 1.65. The van der Waals surface area contributed by atoms with Crippen molar-refractivity contribution in [1.82, 2.24) is 4.98 Å². The van der Waals surface area contributed by atoms with Gasteiger partial charge in [-0.05, 0) is 26.0 Å². The van der Waals surface area contributed by atoms with Gasteiger partial charge in [-0.15, -0.1) is 0 Å². The number of esters is 1. The highest BCUT2D eigenvalue weighted by Crippen LogP contribution is 2.29. The molecule has 0 aromatic carbocycles. The molecule has 1 aliphatic heterocycles. The Morgan fingerprint density at radius 2 is 2.07 bits per heavy atom. The third-order valence-corrected chi connectivity index (χ3v) is 2.71. The molecule has 3 heteroatoms. The van der Waals surface area contributed by atoms with E-state index in [9.17, 15) is 4.79 Å². The summed E-state index contributed by atoms with van der Waals surface area (Å²) in [5, 5.41) is 0. The van der Waals surface area contributed by atoms with Crippen LogP contribution in [-0.2, 0) is 4.74 Å². The second kappa shape index (κ2) is 3.08. The molecule has 0 aliphatic carbocycles. The number of fused-ring (bicyclic) bond motifs is 1. The molecule has 0 N–H and O–H groups in total. The Labute approximate surface area is 83.1 Å². The van der Waals surface area contributed by atoms with E-state index >= 15 is 0 Å². The summed E-state index contributed by atoms with van der Waals surface area (Å²) in [6, 6.07) is 3.63. The standard InChI is InChI=1S/C11H13NO2/c1-6-4-5-9-10(12-6)7(2)8(3)14-11(9)13/h4-5,7-8H,1-3H3/t7-,8+/m1/s1. The number of aryl methyl sites for hydroxylation is 1. The Bertz CT molecular complexity index is 387. The SMILES string of the molecule is Cc1ccc2c(n1)[C@H](C)[C@H](C)OC2=O. The van der Waals surface area contributed by atoms with Gasteiger partial charge < -0.3 is 4.74 Å². The first-order chi connectivity index (χ1) is 6.59. The molecule has 0 bridgehead atoms. The quantitative estimate of drug-likeness (QED) is 0.589. The fraction of sp³-hybridized carbons (Fsp3) is 0.455. The van der Waals surface area contributed by atoms with Gasteiger partial charge in [-0.25, -0.2) is 4.79 Å². The smallest absolute Gasteiger partial charge is 0.340 e. The Kier molecular flexibility index (Phi) is 2.02. The molecule has 14 heavy (non-hydrogen) atoms. The molecule has 0 unspecified atom stereocenters. The Morgan fingerprint density at radius 3 is 2.79 bits per heavy atom. The van der Waals surface area contributed by atoms with Crippen molar-refractivity contribution in [2.45, 2.75) is 32.8 Å². The number of aromatic nitrogens is 1. The van der Waals surface area contributed by atoms with Crippen LogP contribution in [0.4, 0.5) is 0 Å². The highest BCUT2D eigenvalue weighted by Gasteiger charge is 2.30. The first-order valence-electron chi connectivity index (χ1n) is 4.78. The first kappa shape index (κ1) is 9.19. The van der Waals surface area contributed by atoms with Crippen molar-refractivity contribution in [3.05, 3.63) is 29.1 Å². The fourth-order valence-corrected chi connectivity index (χ4v) is 1.65. The lowest BCUT2D eigenvalue weighted by Crippen LogP contribution is -2.29. The van der Waals surface area contributed by atoms with Crippen LogP contribution in [0.3, 0.4) is 0 Å². The first-order valence-corrected chi connectivity index (χ1v) is 4.78. The highest BCUT2D eigenvalue weighted by molar-refractivity contribution is 5.92. The molecule has 0 fully saturated rings. The minimum atomic E-state index is -0.252. The molecule has 3 nitrogen and oxygen atoms in total. The summed E-state index contributed by atoms with van der Waals surface area (Å²) >= 11 is 0. The number of pyridine rings is 1. The zero-order chi connectivity index (χ0) is 10.3. The Hall–Kier alpha value is -1.38. The lowest BCUT2D eigenvalue weighted by Gasteiger charge is -2.27. The van der Waals surface area contributed by atoms with Crippen LogP contribution >= 0.6 is 0 Å². The number of hydrogen-bond acceptors (Lipinski definition) is 3. The van der Waals surface area contributed by atoms with Gasteiger partial charge in [0.2, 0.25) is 0 Å². The number of carbonyl (C=O) groups is 1. The average molecular weight is 191 g/mol. The molecular weight excluding hydrogens is 178 g/mol. The molecular formula is C11H13NO2. The lowest BCUT2D eigenvalue weighted by atomic mass is 9.94. The molecule has 74 valence electrons. The summed E-state index contributed by atoms with van der Waals surface area (Å²) in [4.78, 5) is 15.9. The van der Waals surface area contributed by atoms with Gasteiger partial charge in [0, 0.05) is 11.6 Å². The third kappa shape index (κ3) is 1.29. The predicted octanol–water partition coefficient (Wildman–Crippen LogP) is 2.05. The van der Waals surface area contributed by atoms with Crippen LogP contribution in [0.2, 0.25) is 0 Å². The number of ether oxygens (including phenoxy) is 1. The van der Waals surface area contributed by atoms with Crippen molar-refractivity contribution in [2.75, 3.05) is 0 Å². The van der Waals surface area contributed by atoms with Gasteiger partial charge in [0.25, 0.3) is 0 Å². The van der Waals surface area contributed by atoms with E-state index in [1.54, 1.807) is 6.07 Å². The molecule has 0 radical (unpaired) electrons. The van der Waals surface area contributed by atoms with Crippen LogP contribution in [-0.4, -0.2) is 17.1 Å². The van der Waals surface area contributed by atoms with Crippen molar-refractivity contribution in [2.24, 2.45) is 0 Å². The van der Waals surface area contributed by atoms with Gasteiger partial charge in [-0.3, -0.25) is 4.98 Å². The van der Waals surface area contributed by atoms with E-state index < -0.39 is 0 Å². The van der Waals surface area contributed by atoms with Crippen LogP contribution in [0.25, 0.3) is 0 Å². The second-order valence-electron chi connectivity index (χ2n) is 3.78. The number of carbonyl (C=O) groups excluding carboxylic acids is 1. The second-order valence-corrected chi connectivity index (χ2v) is 3.78. The summed E-state index contributed by atoms with van der Waals surface area (Å²) in [6.07, 6.45) is -0.0794. The summed E-state index contributed by atoms with van der Waals surface area (Å²) < 4.78 is 5.19. The van der Waals surface area contributed by atoms with Crippen molar-refractivity contribution >= 4 is 5.97 Å². The van der Waals surface area contributed by atoms with E-state index in [2.05, 4.69) is 4.98 Å². The van der Waals surface area contributed by atoms with Crippen LogP contribution in [0.5, 0.6) is 0 Å². The van der Waals surface area contributed by atoms with Crippen LogP contribution < -0.4 is 0 Å². The topological polar surface area (TPSA) is 39.2 Å². The number of hydrogen-bond donors (Lipinski definition) is 0. The van der Waals surface area contributed by atoms with Gasteiger partial charge in [0.15, 0.2) is 0 Å². The van der Waals surface area contributed by atoms with E-state index in [1.807, 2.05) is 26.8 Å². The van der Waals surface area contributed by atoms with Gasteiger partial charge >= 0.3 is 5.97 Å². The van der Waals surface area contributed by atoms with Gasteiger partial charge in [0.05, 0.1) is 11.3 Å². The minimum Gasteiger partial charge on any atom is -0.458 e. The third-order valence-electron chi connectivity index (χ3n) is 2.71. The van der Waals surface area contributed by atoms with E-state index in [1.165, 1.54) is 0 Å². The normalized spacial score (nSPS) is 25.5. The molecule has 0 spiro atoms. The Morgan fingerprint density at radius 1 is 1.36 bits per heavy atom. The van der Waals surface area contributed by atoms with Gasteiger partial charge in [-0.2, -0.15) is 0 Å².